The summed E-state index contributed by atoms with van der Waals surface area (Å²) in [5, 5.41) is 0. The van der Waals surface area contributed by atoms with Crippen molar-refractivity contribution in [1.82, 2.24) is 4.90 Å². The Balaban J connectivity index is 1.45. The number of ether oxygens (including phenoxy) is 1. The number of benzene rings is 4. The lowest BCUT2D eigenvalue weighted by molar-refractivity contribution is 0.0747. The fourth-order valence-corrected chi connectivity index (χ4v) is 6.44. The molecular formula is C32H33N3O4S. The van der Waals surface area contributed by atoms with Gasteiger partial charge in [-0.3, -0.25) is 9.10 Å². The van der Waals surface area contributed by atoms with Crippen LogP contribution in [0.25, 0.3) is 0 Å². The second-order valence-electron chi connectivity index (χ2n) is 9.78. The molecule has 0 saturated carbocycles. The Labute approximate surface area is 236 Å². The lowest BCUT2D eigenvalue weighted by Gasteiger charge is -2.37. The molecule has 0 unspecified atom stereocenters. The number of piperazine rings is 1. The molecule has 8 heteroatoms. The summed E-state index contributed by atoms with van der Waals surface area (Å²) in [5.74, 6) is 0.609. The van der Waals surface area contributed by atoms with Gasteiger partial charge in [-0.25, -0.2) is 8.42 Å². The molecule has 1 saturated heterocycles. The van der Waals surface area contributed by atoms with Crippen LogP contribution in [0.1, 0.15) is 21.5 Å². The highest BCUT2D eigenvalue weighted by Gasteiger charge is 2.31. The number of amides is 1. The number of nitrogens with zero attached hydrogens (tertiary/aromatic N) is 3. The molecule has 4 aromatic rings. The molecule has 206 valence electrons. The van der Waals surface area contributed by atoms with Crippen molar-refractivity contribution in [2.75, 3.05) is 42.5 Å². The van der Waals surface area contributed by atoms with Crippen molar-refractivity contribution < 1.29 is 17.9 Å². The van der Waals surface area contributed by atoms with Gasteiger partial charge in [-0.2, -0.15) is 0 Å². The highest BCUT2D eigenvalue weighted by atomic mass is 32.2. The van der Waals surface area contributed by atoms with Gasteiger partial charge in [0.2, 0.25) is 0 Å². The largest absolute Gasteiger partial charge is 0.495 e. The number of carbonyl (C=O) groups excluding carboxylic acids is 1. The van der Waals surface area contributed by atoms with E-state index in [4.69, 9.17) is 4.74 Å². The minimum absolute atomic E-state index is 0.100. The van der Waals surface area contributed by atoms with Crippen LogP contribution in [-0.4, -0.2) is 52.5 Å². The summed E-state index contributed by atoms with van der Waals surface area (Å²) in [4.78, 5) is 18.1. The number of methoxy groups -OCH3 is 1. The maximum atomic E-state index is 14.0. The van der Waals surface area contributed by atoms with Gasteiger partial charge in [-0.1, -0.05) is 72.3 Å². The first-order chi connectivity index (χ1) is 19.4. The number of carbonyl (C=O) groups is 1. The number of hydrogen-bond donors (Lipinski definition) is 0. The molecule has 0 aromatic heterocycles. The predicted octanol–water partition coefficient (Wildman–Crippen LogP) is 5.36. The Morgan fingerprint density at radius 3 is 2.12 bits per heavy atom. The van der Waals surface area contributed by atoms with E-state index in [1.54, 1.807) is 60.5 Å². The summed E-state index contributed by atoms with van der Waals surface area (Å²) in [5.41, 5.74) is 3.52. The Morgan fingerprint density at radius 2 is 1.43 bits per heavy atom. The summed E-state index contributed by atoms with van der Waals surface area (Å²) < 4.78 is 35.0. The van der Waals surface area contributed by atoms with Crippen molar-refractivity contribution in [3.05, 3.63) is 120 Å². The van der Waals surface area contributed by atoms with Crippen molar-refractivity contribution >= 4 is 27.3 Å². The Hall–Kier alpha value is -4.30. The predicted molar refractivity (Wildman–Crippen MR) is 159 cm³/mol. The number of para-hydroxylation sites is 3. The number of sulfonamides is 1. The topological polar surface area (TPSA) is 70.2 Å². The van der Waals surface area contributed by atoms with Gasteiger partial charge >= 0.3 is 0 Å². The van der Waals surface area contributed by atoms with Crippen LogP contribution in [0, 0.1) is 6.92 Å². The summed E-state index contributed by atoms with van der Waals surface area (Å²) in [6.45, 7) is 4.32. The molecule has 4 aromatic carbocycles. The molecule has 7 nitrogen and oxygen atoms in total. The SMILES string of the molecule is COc1ccccc1N1CCN(C(=O)c2ccccc2N(Cc2ccccc2)S(=O)(=O)c2ccc(C)cc2)CC1. The van der Waals surface area contributed by atoms with E-state index >= 15 is 0 Å². The maximum Gasteiger partial charge on any atom is 0.264 e. The van der Waals surface area contributed by atoms with Crippen LogP contribution in [0.15, 0.2) is 108 Å². The van der Waals surface area contributed by atoms with Crippen molar-refractivity contribution in [1.29, 1.82) is 0 Å². The number of anilines is 2. The van der Waals surface area contributed by atoms with E-state index in [0.29, 0.717) is 37.4 Å². The van der Waals surface area contributed by atoms with E-state index in [2.05, 4.69) is 4.90 Å². The van der Waals surface area contributed by atoms with Gasteiger partial charge in [0.15, 0.2) is 0 Å². The third-order valence-electron chi connectivity index (χ3n) is 7.17. The normalized spacial score (nSPS) is 13.7. The zero-order chi connectivity index (χ0) is 28.1. The third-order valence-corrected chi connectivity index (χ3v) is 8.95. The molecule has 1 heterocycles. The highest BCUT2D eigenvalue weighted by Crippen LogP contribution is 2.32. The molecule has 1 fully saturated rings. The van der Waals surface area contributed by atoms with Gasteiger partial charge in [0.05, 0.1) is 35.5 Å². The highest BCUT2D eigenvalue weighted by molar-refractivity contribution is 7.92. The molecule has 1 aliphatic heterocycles. The van der Waals surface area contributed by atoms with Crippen LogP contribution in [0.3, 0.4) is 0 Å². The number of rotatable bonds is 8. The zero-order valence-corrected chi connectivity index (χ0v) is 23.5. The molecule has 0 atom stereocenters. The average molecular weight is 556 g/mol. The van der Waals surface area contributed by atoms with Gasteiger partial charge in [0.1, 0.15) is 5.75 Å². The molecule has 0 spiro atoms. The second kappa shape index (κ2) is 11.8. The third kappa shape index (κ3) is 5.67. The van der Waals surface area contributed by atoms with E-state index < -0.39 is 10.0 Å². The number of aryl methyl sites for hydroxylation is 1. The van der Waals surface area contributed by atoms with Crippen LogP contribution in [-0.2, 0) is 16.6 Å². The van der Waals surface area contributed by atoms with Crippen molar-refractivity contribution in [3.8, 4) is 5.75 Å². The Morgan fingerprint density at radius 1 is 0.800 bits per heavy atom. The monoisotopic (exact) mass is 555 g/mol. The Bertz CT molecular complexity index is 1570. The van der Waals surface area contributed by atoms with Crippen molar-refractivity contribution in [3.63, 3.8) is 0 Å². The summed E-state index contributed by atoms with van der Waals surface area (Å²) in [6.07, 6.45) is 0. The van der Waals surface area contributed by atoms with Gasteiger partial charge in [-0.15, -0.1) is 0 Å². The summed E-state index contributed by atoms with van der Waals surface area (Å²) >= 11 is 0. The zero-order valence-electron chi connectivity index (χ0n) is 22.7. The molecule has 0 bridgehead atoms. The van der Waals surface area contributed by atoms with Crippen molar-refractivity contribution in [2.24, 2.45) is 0 Å². The molecule has 1 amide bonds. The molecule has 5 rings (SSSR count). The quantitative estimate of drug-likeness (QED) is 0.293. The molecule has 0 N–H and O–H groups in total. The smallest absolute Gasteiger partial charge is 0.264 e. The first-order valence-electron chi connectivity index (χ1n) is 13.3. The second-order valence-corrected chi connectivity index (χ2v) is 11.6. The van der Waals surface area contributed by atoms with E-state index in [1.165, 1.54) is 4.31 Å². The first-order valence-corrected chi connectivity index (χ1v) is 14.7. The summed E-state index contributed by atoms with van der Waals surface area (Å²) in [6, 6.07) is 31.1. The summed E-state index contributed by atoms with van der Waals surface area (Å²) in [7, 11) is -2.31. The fourth-order valence-electron chi connectivity index (χ4n) is 4.97. The fraction of sp³-hybridized carbons (Fsp3) is 0.219. The van der Waals surface area contributed by atoms with E-state index in [9.17, 15) is 13.2 Å². The van der Waals surface area contributed by atoms with Crippen LogP contribution in [0.4, 0.5) is 11.4 Å². The van der Waals surface area contributed by atoms with Crippen LogP contribution in [0.2, 0.25) is 0 Å². The standard InChI is InChI=1S/C32H33N3O4S/c1-25-16-18-27(19-17-25)40(37,38)35(24-26-10-4-3-5-11-26)29-13-7-6-12-28(29)32(36)34-22-20-33(21-23-34)30-14-8-9-15-31(30)39-2/h3-19H,20-24H2,1-2H3. The molecule has 0 radical (unpaired) electrons. The molecular weight excluding hydrogens is 522 g/mol. The van der Waals surface area contributed by atoms with E-state index in [0.717, 1.165) is 22.6 Å². The van der Waals surface area contributed by atoms with Crippen LogP contribution < -0.4 is 13.9 Å². The van der Waals surface area contributed by atoms with Crippen LogP contribution >= 0.6 is 0 Å². The van der Waals surface area contributed by atoms with Gasteiger partial charge in [-0.05, 0) is 48.9 Å². The first kappa shape index (κ1) is 27.3. The average Bonchev–Trinajstić information content (AvgIpc) is 3.00. The molecule has 0 aliphatic carbocycles. The van der Waals surface area contributed by atoms with Crippen LogP contribution in [0.5, 0.6) is 5.75 Å². The van der Waals surface area contributed by atoms with Gasteiger partial charge < -0.3 is 14.5 Å². The van der Waals surface area contributed by atoms with E-state index in [1.807, 2.05) is 61.5 Å². The van der Waals surface area contributed by atoms with Crippen molar-refractivity contribution in [2.45, 2.75) is 18.4 Å². The van der Waals surface area contributed by atoms with E-state index in [-0.39, 0.29) is 17.3 Å². The minimum Gasteiger partial charge on any atom is -0.495 e. The van der Waals surface area contributed by atoms with Gasteiger partial charge in [0, 0.05) is 26.2 Å². The lowest BCUT2D eigenvalue weighted by atomic mass is 10.1. The minimum atomic E-state index is -3.97. The Kier molecular flexibility index (Phi) is 8.07. The lowest BCUT2D eigenvalue weighted by Crippen LogP contribution is -2.49. The molecule has 40 heavy (non-hydrogen) atoms. The van der Waals surface area contributed by atoms with Gasteiger partial charge in [0.25, 0.3) is 15.9 Å². The maximum absolute atomic E-state index is 14.0. The number of hydrogen-bond acceptors (Lipinski definition) is 5. The molecule has 1 aliphatic rings.